The van der Waals surface area contributed by atoms with Crippen LogP contribution in [0.4, 0.5) is 18.9 Å². The summed E-state index contributed by atoms with van der Waals surface area (Å²) >= 11 is 6.01. The number of methoxy groups -OCH3 is 1. The number of rotatable bonds is 6. The smallest absolute Gasteiger partial charge is 0.471 e. The molecule has 10 heteroatoms. The Labute approximate surface area is 188 Å². The highest BCUT2D eigenvalue weighted by molar-refractivity contribution is 6.34. The molecule has 0 aromatic heterocycles. The van der Waals surface area contributed by atoms with Gasteiger partial charge in [-0.2, -0.15) is 13.2 Å². The van der Waals surface area contributed by atoms with Gasteiger partial charge in [0.15, 0.2) is 0 Å². The van der Waals surface area contributed by atoms with E-state index in [1.165, 1.54) is 18.7 Å². The fraction of sp³-hybridized carbons (Fsp3) is 0.364. The van der Waals surface area contributed by atoms with E-state index >= 15 is 0 Å². The normalized spacial score (nSPS) is 15.3. The Balaban J connectivity index is 1.61. The number of carbonyl (C=O) groups excluding carboxylic acids is 2. The summed E-state index contributed by atoms with van der Waals surface area (Å²) in [4.78, 5) is 26.3. The molecule has 2 N–H and O–H groups in total. The first kappa shape index (κ1) is 23.9. The van der Waals surface area contributed by atoms with Gasteiger partial charge in [-0.05, 0) is 24.5 Å². The lowest BCUT2D eigenvalue weighted by atomic mass is 10.0. The van der Waals surface area contributed by atoms with E-state index in [1.54, 1.807) is 5.32 Å². The molecule has 6 nitrogen and oxygen atoms in total. The second-order valence-corrected chi connectivity index (χ2v) is 7.90. The molecule has 32 heavy (non-hydrogen) atoms. The summed E-state index contributed by atoms with van der Waals surface area (Å²) in [5, 5.41) is 4.42. The van der Waals surface area contributed by atoms with Crippen molar-refractivity contribution in [1.29, 1.82) is 0 Å². The van der Waals surface area contributed by atoms with Gasteiger partial charge >= 0.3 is 12.1 Å². The average molecular weight is 470 g/mol. The highest BCUT2D eigenvalue weighted by Gasteiger charge is 2.39. The van der Waals surface area contributed by atoms with Crippen LogP contribution < -0.4 is 15.4 Å². The molecule has 0 radical (unpaired) electrons. The summed E-state index contributed by atoms with van der Waals surface area (Å²) in [6, 6.07) is 12.4. The molecule has 1 heterocycles. The first-order valence-electron chi connectivity index (χ1n) is 10.00. The minimum Gasteiger partial charge on any atom is -0.496 e. The third-order valence-electron chi connectivity index (χ3n) is 5.21. The number of halogens is 4. The molecule has 0 unspecified atom stereocenters. The Morgan fingerprint density at radius 2 is 1.81 bits per heavy atom. The van der Waals surface area contributed by atoms with Crippen molar-refractivity contribution in [2.45, 2.75) is 31.6 Å². The highest BCUT2D eigenvalue weighted by Crippen LogP contribution is 2.32. The lowest BCUT2D eigenvalue weighted by Crippen LogP contribution is -2.44. The van der Waals surface area contributed by atoms with Gasteiger partial charge in [0.05, 0.1) is 23.4 Å². The van der Waals surface area contributed by atoms with Crippen LogP contribution in [0, 0.1) is 0 Å². The molecule has 2 amide bonds. The summed E-state index contributed by atoms with van der Waals surface area (Å²) in [6.45, 7) is 2.48. The topological polar surface area (TPSA) is 70.7 Å². The standard InChI is InChI=1S/C22H23ClF3N3O3/c1-32-19-12-18(28-21(31)22(24,25)26)17(23)11-16(19)20(30)27-15-7-9-29(10-8-15)13-14-5-3-2-4-6-14/h2-6,11-12,15H,7-10,13H2,1H3,(H,27,30)(H,28,31). The molecule has 0 bridgehead atoms. The van der Waals surface area contributed by atoms with E-state index in [0.717, 1.165) is 38.5 Å². The number of nitrogens with one attached hydrogen (secondary N) is 2. The lowest BCUT2D eigenvalue weighted by molar-refractivity contribution is -0.167. The monoisotopic (exact) mass is 469 g/mol. The van der Waals surface area contributed by atoms with Gasteiger partial charge in [0.2, 0.25) is 0 Å². The van der Waals surface area contributed by atoms with E-state index in [4.69, 9.17) is 16.3 Å². The molecule has 1 aliphatic rings. The van der Waals surface area contributed by atoms with E-state index in [2.05, 4.69) is 22.3 Å². The van der Waals surface area contributed by atoms with Gasteiger partial charge < -0.3 is 15.4 Å². The molecule has 0 saturated carbocycles. The van der Waals surface area contributed by atoms with Crippen LogP contribution in [0.3, 0.4) is 0 Å². The van der Waals surface area contributed by atoms with Crippen molar-refractivity contribution in [1.82, 2.24) is 10.2 Å². The maximum absolute atomic E-state index is 12.8. The molecule has 0 spiro atoms. The number of hydrogen-bond donors (Lipinski definition) is 2. The summed E-state index contributed by atoms with van der Waals surface area (Å²) in [5.74, 6) is -2.61. The van der Waals surface area contributed by atoms with Gasteiger partial charge in [-0.3, -0.25) is 14.5 Å². The lowest BCUT2D eigenvalue weighted by Gasteiger charge is -2.32. The molecule has 3 rings (SSSR count). The molecule has 2 aromatic rings. The van der Waals surface area contributed by atoms with Crippen molar-refractivity contribution >= 4 is 29.1 Å². The quantitative estimate of drug-likeness (QED) is 0.663. The summed E-state index contributed by atoms with van der Waals surface area (Å²) < 4.78 is 42.7. The number of amides is 2. The first-order chi connectivity index (χ1) is 15.2. The van der Waals surface area contributed by atoms with Crippen molar-refractivity contribution in [3.8, 4) is 5.75 Å². The highest BCUT2D eigenvalue weighted by atomic mass is 35.5. The Hall–Kier alpha value is -2.78. The number of ether oxygens (including phenoxy) is 1. The van der Waals surface area contributed by atoms with Crippen molar-refractivity contribution in [2.75, 3.05) is 25.5 Å². The third kappa shape index (κ3) is 6.14. The maximum atomic E-state index is 12.8. The van der Waals surface area contributed by atoms with Crippen molar-refractivity contribution in [3.63, 3.8) is 0 Å². The SMILES string of the molecule is COc1cc(NC(=O)C(F)(F)F)c(Cl)cc1C(=O)NC1CCN(Cc2ccccc2)CC1. The van der Waals surface area contributed by atoms with Crippen LogP contribution in [0.5, 0.6) is 5.75 Å². The number of anilines is 1. The predicted octanol–water partition coefficient (Wildman–Crippen LogP) is 4.24. The van der Waals surface area contributed by atoms with E-state index in [9.17, 15) is 22.8 Å². The number of hydrogen-bond acceptors (Lipinski definition) is 4. The number of carbonyl (C=O) groups is 2. The van der Waals surface area contributed by atoms with Gasteiger partial charge in [0.25, 0.3) is 5.91 Å². The molecular weight excluding hydrogens is 447 g/mol. The van der Waals surface area contributed by atoms with Crippen molar-refractivity contribution in [2.24, 2.45) is 0 Å². The van der Waals surface area contributed by atoms with Crippen molar-refractivity contribution in [3.05, 3.63) is 58.6 Å². The van der Waals surface area contributed by atoms with Crippen LogP contribution in [-0.4, -0.2) is 49.1 Å². The molecule has 1 saturated heterocycles. The van der Waals surface area contributed by atoms with Gasteiger partial charge in [-0.1, -0.05) is 41.9 Å². The molecule has 2 aromatic carbocycles. The number of alkyl halides is 3. The molecule has 0 atom stereocenters. The molecule has 172 valence electrons. The minimum atomic E-state index is -5.07. The van der Waals surface area contributed by atoms with Crippen LogP contribution in [0.2, 0.25) is 5.02 Å². The zero-order chi connectivity index (χ0) is 23.3. The molecule has 1 aliphatic heterocycles. The van der Waals surface area contributed by atoms with Gasteiger partial charge in [0, 0.05) is 31.7 Å². The number of benzene rings is 2. The van der Waals surface area contributed by atoms with E-state index in [1.807, 2.05) is 18.2 Å². The van der Waals surface area contributed by atoms with E-state index in [0.29, 0.717) is 0 Å². The zero-order valence-electron chi connectivity index (χ0n) is 17.3. The van der Waals surface area contributed by atoms with Gasteiger partial charge in [0.1, 0.15) is 5.75 Å². The van der Waals surface area contributed by atoms with Gasteiger partial charge in [-0.15, -0.1) is 0 Å². The largest absolute Gasteiger partial charge is 0.496 e. The van der Waals surface area contributed by atoms with Crippen LogP contribution in [0.15, 0.2) is 42.5 Å². The van der Waals surface area contributed by atoms with Crippen molar-refractivity contribution < 1.29 is 27.5 Å². The first-order valence-corrected chi connectivity index (χ1v) is 10.4. The summed E-state index contributed by atoms with van der Waals surface area (Å²) in [5.41, 5.74) is 1.01. The Kier molecular flexibility index (Phi) is 7.63. The second kappa shape index (κ2) is 10.2. The Bertz CT molecular complexity index is 962. The maximum Gasteiger partial charge on any atom is 0.471 e. The van der Waals surface area contributed by atoms with E-state index in [-0.39, 0.29) is 28.1 Å². The third-order valence-corrected chi connectivity index (χ3v) is 5.52. The van der Waals surface area contributed by atoms with E-state index < -0.39 is 18.0 Å². The van der Waals surface area contributed by atoms with Crippen LogP contribution in [-0.2, 0) is 11.3 Å². The fourth-order valence-electron chi connectivity index (χ4n) is 3.53. The zero-order valence-corrected chi connectivity index (χ0v) is 18.1. The number of piperidine rings is 1. The number of likely N-dealkylation sites (tertiary alicyclic amines) is 1. The molecule has 1 fully saturated rings. The second-order valence-electron chi connectivity index (χ2n) is 7.49. The summed E-state index contributed by atoms with van der Waals surface area (Å²) in [7, 11) is 1.28. The molecule has 0 aliphatic carbocycles. The minimum absolute atomic E-state index is 0.00545. The van der Waals surface area contributed by atoms with Crippen LogP contribution in [0.25, 0.3) is 0 Å². The van der Waals surface area contributed by atoms with Crippen LogP contribution in [0.1, 0.15) is 28.8 Å². The molecular formula is C22H23ClF3N3O3. The van der Waals surface area contributed by atoms with Gasteiger partial charge in [-0.25, -0.2) is 0 Å². The Morgan fingerprint density at radius 1 is 1.16 bits per heavy atom. The predicted molar refractivity (Wildman–Crippen MR) is 115 cm³/mol. The fourth-order valence-corrected chi connectivity index (χ4v) is 3.74. The summed E-state index contributed by atoms with van der Waals surface area (Å²) in [6.07, 6.45) is -3.55. The average Bonchev–Trinajstić information content (AvgIpc) is 2.76. The van der Waals surface area contributed by atoms with Crippen LogP contribution >= 0.6 is 11.6 Å². The number of nitrogens with zero attached hydrogens (tertiary/aromatic N) is 1. The Morgan fingerprint density at radius 3 is 2.41 bits per heavy atom.